The van der Waals surface area contributed by atoms with Gasteiger partial charge in [-0.15, -0.1) is 0 Å². The summed E-state index contributed by atoms with van der Waals surface area (Å²) < 4.78 is 0. The first-order valence-electron chi connectivity index (χ1n) is 7.73. The SMILES string of the molecule is O=Cc1ccc(C(=O)NCC2CCN2C2CCCC2)cn1. The zero-order chi connectivity index (χ0) is 14.7. The number of hydrogen-bond donors (Lipinski definition) is 1. The van der Waals surface area contributed by atoms with Gasteiger partial charge in [-0.25, -0.2) is 0 Å². The maximum absolute atomic E-state index is 12.1. The summed E-state index contributed by atoms with van der Waals surface area (Å²) in [6, 6.07) is 4.42. The monoisotopic (exact) mass is 287 g/mol. The first-order chi connectivity index (χ1) is 10.3. The molecule has 1 atom stereocenters. The summed E-state index contributed by atoms with van der Waals surface area (Å²) in [6.07, 6.45) is 8.59. The lowest BCUT2D eigenvalue weighted by molar-refractivity contribution is 0.0425. The fraction of sp³-hybridized carbons (Fsp3) is 0.562. The molecule has 1 aliphatic carbocycles. The number of carbonyl (C=O) groups excluding carboxylic acids is 2. The quantitative estimate of drug-likeness (QED) is 0.836. The van der Waals surface area contributed by atoms with Crippen LogP contribution in [0.2, 0.25) is 0 Å². The van der Waals surface area contributed by atoms with Crippen LogP contribution in [0.15, 0.2) is 18.3 Å². The number of nitrogens with one attached hydrogen (secondary N) is 1. The molecular weight excluding hydrogens is 266 g/mol. The molecule has 3 rings (SSSR count). The minimum atomic E-state index is -0.113. The summed E-state index contributed by atoms with van der Waals surface area (Å²) >= 11 is 0. The van der Waals surface area contributed by atoms with E-state index < -0.39 is 0 Å². The molecule has 0 bridgehead atoms. The van der Waals surface area contributed by atoms with Crippen molar-refractivity contribution in [2.45, 2.75) is 44.2 Å². The molecule has 1 aromatic rings. The number of rotatable bonds is 5. The van der Waals surface area contributed by atoms with Gasteiger partial charge in [-0.2, -0.15) is 0 Å². The van der Waals surface area contributed by atoms with E-state index >= 15 is 0 Å². The summed E-state index contributed by atoms with van der Waals surface area (Å²) in [7, 11) is 0. The molecule has 5 heteroatoms. The van der Waals surface area contributed by atoms with Crippen molar-refractivity contribution < 1.29 is 9.59 Å². The molecular formula is C16H21N3O2. The van der Waals surface area contributed by atoms with Gasteiger partial charge in [0.2, 0.25) is 0 Å². The molecule has 1 aromatic heterocycles. The maximum atomic E-state index is 12.1. The number of likely N-dealkylation sites (tertiary alicyclic amines) is 1. The van der Waals surface area contributed by atoms with Crippen molar-refractivity contribution in [1.82, 2.24) is 15.2 Å². The molecule has 112 valence electrons. The number of nitrogens with zero attached hydrogens (tertiary/aromatic N) is 2. The Kier molecular flexibility index (Phi) is 4.29. The molecule has 2 fully saturated rings. The van der Waals surface area contributed by atoms with Gasteiger partial charge < -0.3 is 5.32 Å². The number of aromatic nitrogens is 1. The number of pyridine rings is 1. The second kappa shape index (κ2) is 6.35. The summed E-state index contributed by atoms with van der Waals surface area (Å²) in [5.41, 5.74) is 0.852. The van der Waals surface area contributed by atoms with E-state index in [9.17, 15) is 9.59 Å². The molecule has 0 spiro atoms. The van der Waals surface area contributed by atoms with Crippen LogP contribution in [0.5, 0.6) is 0 Å². The number of hydrogen-bond acceptors (Lipinski definition) is 4. The summed E-state index contributed by atoms with van der Waals surface area (Å²) in [5, 5.41) is 2.98. The molecule has 21 heavy (non-hydrogen) atoms. The van der Waals surface area contributed by atoms with Gasteiger partial charge in [0.15, 0.2) is 6.29 Å². The van der Waals surface area contributed by atoms with Crippen LogP contribution in [0.1, 0.15) is 53.0 Å². The van der Waals surface area contributed by atoms with E-state index in [0.29, 0.717) is 30.1 Å². The van der Waals surface area contributed by atoms with Crippen LogP contribution in [0.25, 0.3) is 0 Å². The number of amides is 1. The minimum Gasteiger partial charge on any atom is -0.350 e. The third kappa shape index (κ3) is 3.13. The van der Waals surface area contributed by atoms with Crippen LogP contribution in [-0.2, 0) is 0 Å². The smallest absolute Gasteiger partial charge is 0.252 e. The molecule has 1 aliphatic heterocycles. The van der Waals surface area contributed by atoms with Gasteiger partial charge in [0.05, 0.1) is 5.56 Å². The Morgan fingerprint density at radius 2 is 2.14 bits per heavy atom. The average Bonchev–Trinajstić information content (AvgIpc) is 3.00. The first kappa shape index (κ1) is 14.2. The molecule has 2 heterocycles. The van der Waals surface area contributed by atoms with Crippen LogP contribution in [0.3, 0.4) is 0 Å². The highest BCUT2D eigenvalue weighted by Gasteiger charge is 2.35. The number of carbonyl (C=O) groups is 2. The highest BCUT2D eigenvalue weighted by atomic mass is 16.1. The molecule has 1 N–H and O–H groups in total. The fourth-order valence-electron chi connectivity index (χ4n) is 3.32. The molecule has 0 aromatic carbocycles. The lowest BCUT2D eigenvalue weighted by atomic mass is 9.98. The van der Waals surface area contributed by atoms with Crippen LogP contribution in [-0.4, -0.2) is 47.3 Å². The summed E-state index contributed by atoms with van der Waals surface area (Å²) in [6.45, 7) is 1.87. The van der Waals surface area contributed by atoms with E-state index in [1.165, 1.54) is 44.8 Å². The third-order valence-electron chi connectivity index (χ3n) is 4.65. The Hall–Kier alpha value is -1.75. The zero-order valence-corrected chi connectivity index (χ0v) is 12.1. The van der Waals surface area contributed by atoms with Gasteiger partial charge in [0.25, 0.3) is 5.91 Å². The Bertz CT molecular complexity index is 509. The van der Waals surface area contributed by atoms with Crippen molar-refractivity contribution >= 4 is 12.2 Å². The largest absolute Gasteiger partial charge is 0.350 e. The highest BCUT2D eigenvalue weighted by molar-refractivity contribution is 5.94. The zero-order valence-electron chi connectivity index (χ0n) is 12.1. The van der Waals surface area contributed by atoms with Gasteiger partial charge in [0, 0.05) is 31.4 Å². The van der Waals surface area contributed by atoms with Crippen molar-refractivity contribution in [3.05, 3.63) is 29.6 Å². The fourth-order valence-corrected chi connectivity index (χ4v) is 3.32. The molecule has 1 unspecified atom stereocenters. The molecule has 0 radical (unpaired) electrons. The van der Waals surface area contributed by atoms with Gasteiger partial charge in [0.1, 0.15) is 5.69 Å². The lowest BCUT2D eigenvalue weighted by Crippen LogP contribution is -2.56. The van der Waals surface area contributed by atoms with Crippen molar-refractivity contribution in [2.75, 3.05) is 13.1 Å². The van der Waals surface area contributed by atoms with Crippen LogP contribution >= 0.6 is 0 Å². The average molecular weight is 287 g/mol. The minimum absolute atomic E-state index is 0.113. The predicted molar refractivity (Wildman–Crippen MR) is 79.3 cm³/mol. The van der Waals surface area contributed by atoms with E-state index in [-0.39, 0.29) is 5.91 Å². The standard InChI is InChI=1S/C16H21N3O2/c20-11-13-6-5-12(9-17-13)16(21)18-10-15-7-8-19(15)14-3-1-2-4-14/h5-6,9,11,14-15H,1-4,7-8,10H2,(H,18,21). The van der Waals surface area contributed by atoms with Gasteiger partial charge in [-0.05, 0) is 31.4 Å². The Morgan fingerprint density at radius 1 is 1.33 bits per heavy atom. The van der Waals surface area contributed by atoms with Crippen LogP contribution in [0.4, 0.5) is 0 Å². The molecule has 1 saturated carbocycles. The normalized spacial score (nSPS) is 22.8. The maximum Gasteiger partial charge on any atom is 0.252 e. The molecule has 1 amide bonds. The molecule has 1 saturated heterocycles. The van der Waals surface area contributed by atoms with Gasteiger partial charge >= 0.3 is 0 Å². The van der Waals surface area contributed by atoms with E-state index in [0.717, 1.165) is 6.04 Å². The second-order valence-corrected chi connectivity index (χ2v) is 5.92. The first-order valence-corrected chi connectivity index (χ1v) is 7.73. The molecule has 5 nitrogen and oxygen atoms in total. The second-order valence-electron chi connectivity index (χ2n) is 5.92. The lowest BCUT2D eigenvalue weighted by Gasteiger charge is -2.45. The number of aldehydes is 1. The predicted octanol–water partition coefficient (Wildman–Crippen LogP) is 1.64. The topological polar surface area (TPSA) is 62.3 Å². The van der Waals surface area contributed by atoms with E-state index in [1.54, 1.807) is 12.1 Å². The van der Waals surface area contributed by atoms with Crippen molar-refractivity contribution in [2.24, 2.45) is 0 Å². The van der Waals surface area contributed by atoms with Gasteiger partial charge in [-0.1, -0.05) is 12.8 Å². The summed E-state index contributed by atoms with van der Waals surface area (Å²) in [4.78, 5) is 29.1. The third-order valence-corrected chi connectivity index (χ3v) is 4.65. The van der Waals surface area contributed by atoms with E-state index in [1.807, 2.05) is 0 Å². The van der Waals surface area contributed by atoms with Crippen molar-refractivity contribution in [3.8, 4) is 0 Å². The van der Waals surface area contributed by atoms with Crippen molar-refractivity contribution in [1.29, 1.82) is 0 Å². The Morgan fingerprint density at radius 3 is 2.71 bits per heavy atom. The van der Waals surface area contributed by atoms with Gasteiger partial charge in [-0.3, -0.25) is 19.5 Å². The van der Waals surface area contributed by atoms with Crippen molar-refractivity contribution in [3.63, 3.8) is 0 Å². The van der Waals surface area contributed by atoms with Crippen LogP contribution in [0, 0.1) is 0 Å². The van der Waals surface area contributed by atoms with E-state index in [2.05, 4.69) is 15.2 Å². The Labute approximate surface area is 124 Å². The van der Waals surface area contributed by atoms with E-state index in [4.69, 9.17) is 0 Å². The van der Waals surface area contributed by atoms with Crippen LogP contribution < -0.4 is 5.32 Å². The highest BCUT2D eigenvalue weighted by Crippen LogP contribution is 2.30. The Balaban J connectivity index is 1.50. The summed E-state index contributed by atoms with van der Waals surface area (Å²) in [5.74, 6) is -0.113. The molecule has 2 aliphatic rings.